The molecule has 2 aromatic heterocycles. The second-order valence-electron chi connectivity index (χ2n) is 7.13. The van der Waals surface area contributed by atoms with Gasteiger partial charge >= 0.3 is 5.92 Å². The topological polar surface area (TPSA) is 71.2 Å². The Balaban J connectivity index is 1.83. The van der Waals surface area contributed by atoms with E-state index in [0.29, 0.717) is 34.6 Å². The molecule has 1 aliphatic carbocycles. The molecule has 0 atom stereocenters. The number of benzene rings is 1. The van der Waals surface area contributed by atoms with E-state index in [2.05, 4.69) is 10.1 Å². The van der Waals surface area contributed by atoms with Crippen LogP contribution in [0.2, 0.25) is 0 Å². The number of halogens is 3. The van der Waals surface area contributed by atoms with Gasteiger partial charge in [-0.2, -0.15) is 13.9 Å². The maximum Gasteiger partial charge on any atom is 0.324 e. The monoisotopic (exact) mass is 391 g/mol. The van der Waals surface area contributed by atoms with Crippen LogP contribution in [0.1, 0.15) is 48.1 Å². The van der Waals surface area contributed by atoms with Crippen LogP contribution in [0.4, 0.5) is 13.2 Å². The van der Waals surface area contributed by atoms with E-state index in [4.69, 9.17) is 10.2 Å². The summed E-state index contributed by atoms with van der Waals surface area (Å²) in [5, 5.41) is 22.5. The lowest BCUT2D eigenvalue weighted by Gasteiger charge is -2.18. The lowest BCUT2D eigenvalue weighted by Crippen LogP contribution is -2.30. The fourth-order valence-electron chi connectivity index (χ4n) is 3.48. The van der Waals surface area contributed by atoms with Gasteiger partial charge in [0.05, 0.1) is 17.8 Å². The molecule has 1 aliphatic rings. The van der Waals surface area contributed by atoms with Crippen LogP contribution in [-0.2, 0) is 18.9 Å². The van der Waals surface area contributed by atoms with Gasteiger partial charge in [0.2, 0.25) is 6.29 Å². The first kappa shape index (κ1) is 18.9. The predicted molar refractivity (Wildman–Crippen MR) is 96.5 cm³/mol. The molecule has 0 radical (unpaired) electrons. The van der Waals surface area contributed by atoms with Crippen molar-refractivity contribution in [2.45, 2.75) is 50.9 Å². The van der Waals surface area contributed by atoms with Gasteiger partial charge in [0, 0.05) is 17.3 Å². The summed E-state index contributed by atoms with van der Waals surface area (Å²) in [5.74, 6) is -3.91. The number of rotatable bonds is 6. The van der Waals surface area contributed by atoms with E-state index in [1.54, 1.807) is 6.07 Å². The molecule has 5 nitrogen and oxygen atoms in total. The zero-order valence-electron chi connectivity index (χ0n) is 15.2. The summed E-state index contributed by atoms with van der Waals surface area (Å²) in [6, 6.07) is 6.09. The Labute approximate surface area is 159 Å². The average Bonchev–Trinajstić information content (AvgIpc) is 3.45. The van der Waals surface area contributed by atoms with Crippen LogP contribution in [0, 0.1) is 5.82 Å². The minimum absolute atomic E-state index is 0.0907. The quantitative estimate of drug-likeness (QED) is 0.632. The Kier molecular flexibility index (Phi) is 4.63. The molecule has 2 N–H and O–H groups in total. The van der Waals surface area contributed by atoms with E-state index < -0.39 is 17.8 Å². The summed E-state index contributed by atoms with van der Waals surface area (Å²) < 4.78 is 44.1. The van der Waals surface area contributed by atoms with Crippen LogP contribution < -0.4 is 0 Å². The fraction of sp³-hybridized carbons (Fsp3) is 0.400. The van der Waals surface area contributed by atoms with Gasteiger partial charge in [-0.1, -0.05) is 19.1 Å². The van der Waals surface area contributed by atoms with E-state index in [-0.39, 0.29) is 12.4 Å². The molecule has 4 rings (SSSR count). The Hall–Kier alpha value is -2.45. The summed E-state index contributed by atoms with van der Waals surface area (Å²) in [4.78, 5) is 4.08. The summed E-state index contributed by atoms with van der Waals surface area (Å²) in [7, 11) is 0. The van der Waals surface area contributed by atoms with Gasteiger partial charge < -0.3 is 10.2 Å². The van der Waals surface area contributed by atoms with Crippen molar-refractivity contribution >= 4 is 11.0 Å². The smallest absolute Gasteiger partial charge is 0.324 e. The predicted octanol–water partition coefficient (Wildman–Crippen LogP) is 3.46. The first-order valence-corrected chi connectivity index (χ1v) is 9.20. The van der Waals surface area contributed by atoms with E-state index in [9.17, 15) is 13.2 Å². The molecule has 0 bridgehead atoms. The molecule has 1 fully saturated rings. The number of aryl methyl sites for hydroxylation is 1. The third-order valence-electron chi connectivity index (χ3n) is 5.18. The Morgan fingerprint density at radius 2 is 2.04 bits per heavy atom. The van der Waals surface area contributed by atoms with Crippen molar-refractivity contribution in [3.8, 4) is 0 Å². The molecular weight excluding hydrogens is 371 g/mol. The summed E-state index contributed by atoms with van der Waals surface area (Å²) in [5.41, 5.74) is 2.14. The van der Waals surface area contributed by atoms with Crippen LogP contribution >= 0.6 is 0 Å². The van der Waals surface area contributed by atoms with E-state index in [1.807, 2.05) is 13.0 Å². The highest BCUT2D eigenvalue weighted by Gasteiger charge is 2.40. The average molecular weight is 391 g/mol. The van der Waals surface area contributed by atoms with Crippen molar-refractivity contribution in [2.75, 3.05) is 0 Å². The number of aliphatic hydroxyl groups is 2. The van der Waals surface area contributed by atoms with Gasteiger partial charge in [-0.15, -0.1) is 0 Å². The maximum absolute atomic E-state index is 14.5. The molecule has 3 aromatic rings. The lowest BCUT2D eigenvalue weighted by molar-refractivity contribution is -0.214. The molecular formula is C20H20F3N3O2. The molecule has 0 saturated heterocycles. The van der Waals surface area contributed by atoms with E-state index in [0.717, 1.165) is 30.7 Å². The maximum atomic E-state index is 14.5. The number of alkyl halides is 2. The molecule has 148 valence electrons. The van der Waals surface area contributed by atoms with Crippen molar-refractivity contribution in [1.82, 2.24) is 14.8 Å². The number of hydrogen-bond acceptors (Lipinski definition) is 4. The Morgan fingerprint density at radius 1 is 1.29 bits per heavy atom. The Bertz CT molecular complexity index is 1030. The number of nitrogens with zero attached hydrogens (tertiary/aromatic N) is 3. The first-order valence-electron chi connectivity index (χ1n) is 9.20. The molecule has 2 heterocycles. The summed E-state index contributed by atoms with van der Waals surface area (Å²) in [6.45, 7) is 1.96. The number of fused-ring (bicyclic) bond motifs is 1. The number of aliphatic hydroxyl groups excluding tert-OH is 1. The van der Waals surface area contributed by atoms with Crippen LogP contribution in [0.15, 0.2) is 30.5 Å². The first-order chi connectivity index (χ1) is 13.3. The number of aromatic nitrogens is 3. The zero-order valence-corrected chi connectivity index (χ0v) is 15.2. The molecule has 28 heavy (non-hydrogen) atoms. The van der Waals surface area contributed by atoms with Crippen molar-refractivity contribution in [2.24, 2.45) is 0 Å². The highest BCUT2D eigenvalue weighted by Crippen LogP contribution is 2.42. The van der Waals surface area contributed by atoms with E-state index in [1.165, 1.54) is 10.7 Å². The largest absolute Gasteiger partial charge is 0.363 e. The molecule has 1 aromatic carbocycles. The zero-order chi connectivity index (χ0) is 20.1. The van der Waals surface area contributed by atoms with Crippen molar-refractivity contribution in [3.05, 3.63) is 58.7 Å². The summed E-state index contributed by atoms with van der Waals surface area (Å²) in [6.07, 6.45) is 0.612. The number of hydrogen-bond donors (Lipinski definition) is 2. The van der Waals surface area contributed by atoms with Crippen LogP contribution in [-0.4, -0.2) is 31.3 Å². The van der Waals surface area contributed by atoms with Crippen LogP contribution in [0.3, 0.4) is 0 Å². The lowest BCUT2D eigenvalue weighted by atomic mass is 10.0. The van der Waals surface area contributed by atoms with Crippen LogP contribution in [0.5, 0.6) is 0 Å². The SMILES string of the molecule is CCc1nn(Cc2c(F)cccc2C2CC2)c2cc(C(F)(F)C(O)O)cnc12. The number of pyridine rings is 1. The van der Waals surface area contributed by atoms with Gasteiger partial charge in [-0.05, 0) is 42.9 Å². The van der Waals surface area contributed by atoms with Gasteiger partial charge in [0.15, 0.2) is 0 Å². The normalized spacial score (nSPS) is 15.0. The van der Waals surface area contributed by atoms with Gasteiger partial charge in [-0.3, -0.25) is 9.67 Å². The molecule has 1 saturated carbocycles. The minimum atomic E-state index is -3.88. The van der Waals surface area contributed by atoms with Crippen LogP contribution in [0.25, 0.3) is 11.0 Å². The highest BCUT2D eigenvalue weighted by atomic mass is 19.3. The Morgan fingerprint density at radius 3 is 2.68 bits per heavy atom. The van der Waals surface area contributed by atoms with Gasteiger partial charge in [0.1, 0.15) is 11.3 Å². The van der Waals surface area contributed by atoms with Crippen molar-refractivity contribution in [1.29, 1.82) is 0 Å². The molecule has 0 amide bonds. The van der Waals surface area contributed by atoms with Crippen molar-refractivity contribution < 1.29 is 23.4 Å². The minimum Gasteiger partial charge on any atom is -0.363 e. The van der Waals surface area contributed by atoms with Gasteiger partial charge in [0.25, 0.3) is 0 Å². The second kappa shape index (κ2) is 6.86. The molecule has 0 spiro atoms. The third kappa shape index (κ3) is 3.16. The van der Waals surface area contributed by atoms with E-state index >= 15 is 0 Å². The molecule has 0 aliphatic heterocycles. The van der Waals surface area contributed by atoms with Crippen molar-refractivity contribution in [3.63, 3.8) is 0 Å². The molecule has 0 unspecified atom stereocenters. The third-order valence-corrected chi connectivity index (χ3v) is 5.18. The highest BCUT2D eigenvalue weighted by molar-refractivity contribution is 5.78. The standard InChI is InChI=1S/C20H20F3N3O2/c1-2-16-18-17(8-12(9-24-18)20(22,23)19(27)28)26(25-16)10-14-13(11-6-7-11)4-3-5-15(14)21/h3-5,8-9,11,19,27-28H,2,6-7,10H2,1H3. The fourth-order valence-corrected chi connectivity index (χ4v) is 3.48. The second-order valence-corrected chi connectivity index (χ2v) is 7.13. The summed E-state index contributed by atoms with van der Waals surface area (Å²) >= 11 is 0. The molecule has 8 heteroatoms. The van der Waals surface area contributed by atoms with Gasteiger partial charge in [-0.25, -0.2) is 4.39 Å².